The first-order chi connectivity index (χ1) is 9.69. The number of benzene rings is 1. The van der Waals surface area contributed by atoms with Gasteiger partial charge < -0.3 is 15.2 Å². The van der Waals surface area contributed by atoms with E-state index >= 15 is 0 Å². The number of aromatic nitrogens is 1. The molecular formula is C15H16N2O3. The zero-order valence-electron chi connectivity index (χ0n) is 11.2. The van der Waals surface area contributed by atoms with Crippen LogP contribution in [0.3, 0.4) is 0 Å². The van der Waals surface area contributed by atoms with E-state index in [-0.39, 0.29) is 11.5 Å². The highest BCUT2D eigenvalue weighted by Crippen LogP contribution is 2.14. The second-order valence-corrected chi connectivity index (χ2v) is 4.23. The van der Waals surface area contributed by atoms with Gasteiger partial charge in [-0.15, -0.1) is 0 Å². The molecule has 0 spiro atoms. The van der Waals surface area contributed by atoms with Gasteiger partial charge >= 0.3 is 0 Å². The number of nitrogens with one attached hydrogen (secondary N) is 1. The van der Waals surface area contributed by atoms with Crippen molar-refractivity contribution >= 4 is 11.6 Å². The van der Waals surface area contributed by atoms with Crippen molar-refractivity contribution in [1.29, 1.82) is 0 Å². The highest BCUT2D eigenvalue weighted by molar-refractivity contribution is 5.96. The number of anilines is 1. The maximum absolute atomic E-state index is 12.0. The monoisotopic (exact) mass is 272 g/mol. The third-order valence-corrected chi connectivity index (χ3v) is 2.80. The molecule has 1 aromatic heterocycles. The second kappa shape index (κ2) is 6.56. The SMILES string of the molecule is COc1cccc(C(=O)CCNc2ccc(O)cn2)c1. The van der Waals surface area contributed by atoms with Gasteiger partial charge in [-0.2, -0.15) is 0 Å². The minimum absolute atomic E-state index is 0.0372. The summed E-state index contributed by atoms with van der Waals surface area (Å²) in [5.74, 6) is 1.45. The normalized spacial score (nSPS) is 10.1. The number of hydrogen-bond donors (Lipinski definition) is 2. The maximum Gasteiger partial charge on any atom is 0.164 e. The third kappa shape index (κ3) is 3.71. The summed E-state index contributed by atoms with van der Waals surface area (Å²) in [5, 5.41) is 12.1. The molecule has 0 saturated heterocycles. The van der Waals surface area contributed by atoms with Crippen LogP contribution in [0.25, 0.3) is 0 Å². The Morgan fingerprint density at radius 1 is 1.35 bits per heavy atom. The average Bonchev–Trinajstić information content (AvgIpc) is 2.49. The van der Waals surface area contributed by atoms with Gasteiger partial charge in [0.2, 0.25) is 0 Å². The lowest BCUT2D eigenvalue weighted by molar-refractivity contribution is 0.0986. The standard InChI is InChI=1S/C15H16N2O3/c1-20-13-4-2-3-11(9-13)14(19)7-8-16-15-6-5-12(18)10-17-15/h2-6,9-10,18H,7-8H2,1H3,(H,16,17). The van der Waals surface area contributed by atoms with Crippen LogP contribution >= 0.6 is 0 Å². The Labute approximate surface area is 117 Å². The summed E-state index contributed by atoms with van der Waals surface area (Å²) in [6.07, 6.45) is 1.71. The minimum Gasteiger partial charge on any atom is -0.506 e. The first-order valence-electron chi connectivity index (χ1n) is 6.25. The fraction of sp³-hybridized carbons (Fsp3) is 0.200. The summed E-state index contributed by atoms with van der Waals surface area (Å²) in [6.45, 7) is 0.480. The zero-order chi connectivity index (χ0) is 14.4. The van der Waals surface area contributed by atoms with E-state index < -0.39 is 0 Å². The van der Waals surface area contributed by atoms with E-state index in [9.17, 15) is 4.79 Å². The van der Waals surface area contributed by atoms with Crippen LogP contribution in [0.5, 0.6) is 11.5 Å². The summed E-state index contributed by atoms with van der Waals surface area (Å²) < 4.78 is 5.09. The van der Waals surface area contributed by atoms with Crippen molar-refractivity contribution in [3.63, 3.8) is 0 Å². The van der Waals surface area contributed by atoms with Gasteiger partial charge in [0, 0.05) is 18.5 Å². The Morgan fingerprint density at radius 3 is 2.90 bits per heavy atom. The predicted molar refractivity (Wildman–Crippen MR) is 76.3 cm³/mol. The molecule has 0 saturated carbocycles. The number of carbonyl (C=O) groups excluding carboxylic acids is 1. The smallest absolute Gasteiger partial charge is 0.164 e. The molecule has 2 N–H and O–H groups in total. The minimum atomic E-state index is 0.0372. The molecule has 0 aliphatic carbocycles. The van der Waals surface area contributed by atoms with Crippen molar-refractivity contribution in [2.75, 3.05) is 19.0 Å². The summed E-state index contributed by atoms with van der Waals surface area (Å²) in [7, 11) is 1.57. The number of methoxy groups -OCH3 is 1. The summed E-state index contributed by atoms with van der Waals surface area (Å²) in [6, 6.07) is 10.3. The lowest BCUT2D eigenvalue weighted by Crippen LogP contribution is -2.09. The van der Waals surface area contributed by atoms with Crippen LogP contribution in [0, 0.1) is 0 Å². The van der Waals surface area contributed by atoms with Crippen LogP contribution in [0.2, 0.25) is 0 Å². The molecule has 0 amide bonds. The largest absolute Gasteiger partial charge is 0.506 e. The van der Waals surface area contributed by atoms with E-state index in [0.717, 1.165) is 0 Å². The van der Waals surface area contributed by atoms with Gasteiger partial charge in [-0.3, -0.25) is 4.79 Å². The molecule has 0 atom stereocenters. The van der Waals surface area contributed by atoms with E-state index in [1.54, 1.807) is 43.5 Å². The Bertz CT molecular complexity index is 582. The molecule has 5 heteroatoms. The number of ether oxygens (including phenoxy) is 1. The molecule has 0 fully saturated rings. The highest BCUT2D eigenvalue weighted by Gasteiger charge is 2.06. The van der Waals surface area contributed by atoms with Crippen molar-refractivity contribution in [3.8, 4) is 11.5 Å². The first-order valence-corrected chi connectivity index (χ1v) is 6.25. The Kier molecular flexibility index (Phi) is 4.55. The molecule has 1 aromatic carbocycles. The molecule has 0 unspecified atom stereocenters. The number of ketones is 1. The zero-order valence-corrected chi connectivity index (χ0v) is 11.2. The van der Waals surface area contributed by atoms with E-state index in [1.165, 1.54) is 6.20 Å². The van der Waals surface area contributed by atoms with E-state index in [1.807, 2.05) is 0 Å². The number of hydrogen-bond acceptors (Lipinski definition) is 5. The molecule has 20 heavy (non-hydrogen) atoms. The molecule has 1 heterocycles. The van der Waals surface area contributed by atoms with Gasteiger partial charge in [-0.05, 0) is 24.3 Å². The third-order valence-electron chi connectivity index (χ3n) is 2.80. The molecule has 5 nitrogen and oxygen atoms in total. The quantitative estimate of drug-likeness (QED) is 0.790. The van der Waals surface area contributed by atoms with Crippen LogP contribution in [0.4, 0.5) is 5.82 Å². The van der Waals surface area contributed by atoms with Crippen LogP contribution in [0.15, 0.2) is 42.6 Å². The van der Waals surface area contributed by atoms with Gasteiger partial charge in [0.25, 0.3) is 0 Å². The summed E-state index contributed by atoms with van der Waals surface area (Å²) >= 11 is 0. The lowest BCUT2D eigenvalue weighted by atomic mass is 10.1. The number of aromatic hydroxyl groups is 1. The predicted octanol–water partition coefficient (Wildman–Crippen LogP) is 2.48. The van der Waals surface area contributed by atoms with Crippen LogP contribution in [-0.4, -0.2) is 29.5 Å². The van der Waals surface area contributed by atoms with E-state index in [4.69, 9.17) is 9.84 Å². The molecular weight excluding hydrogens is 256 g/mol. The molecule has 0 bridgehead atoms. The summed E-state index contributed by atoms with van der Waals surface area (Å²) in [5.41, 5.74) is 0.629. The number of rotatable bonds is 6. The molecule has 0 aliphatic rings. The van der Waals surface area contributed by atoms with Crippen LogP contribution in [-0.2, 0) is 0 Å². The lowest BCUT2D eigenvalue weighted by Gasteiger charge is -2.06. The van der Waals surface area contributed by atoms with Gasteiger partial charge in [0.15, 0.2) is 5.78 Å². The van der Waals surface area contributed by atoms with Gasteiger partial charge in [-0.1, -0.05) is 12.1 Å². The number of nitrogens with zero attached hydrogens (tertiary/aromatic N) is 1. The molecule has 104 valence electrons. The Hall–Kier alpha value is -2.56. The van der Waals surface area contributed by atoms with Crippen molar-refractivity contribution in [2.24, 2.45) is 0 Å². The Balaban J connectivity index is 1.87. The Morgan fingerprint density at radius 2 is 2.20 bits per heavy atom. The number of pyridine rings is 1. The number of Topliss-reactive ketones (excluding diaryl/α,β-unsaturated/α-hetero) is 1. The fourth-order valence-electron chi connectivity index (χ4n) is 1.74. The molecule has 2 aromatic rings. The average molecular weight is 272 g/mol. The first kappa shape index (κ1) is 13.9. The highest BCUT2D eigenvalue weighted by atomic mass is 16.5. The van der Waals surface area contributed by atoms with Crippen LogP contribution in [0.1, 0.15) is 16.8 Å². The topological polar surface area (TPSA) is 71.5 Å². The van der Waals surface area contributed by atoms with Crippen molar-refractivity contribution in [3.05, 3.63) is 48.2 Å². The van der Waals surface area contributed by atoms with Gasteiger partial charge in [0.05, 0.1) is 13.3 Å². The summed E-state index contributed by atoms with van der Waals surface area (Å²) in [4.78, 5) is 16.0. The van der Waals surface area contributed by atoms with Crippen molar-refractivity contribution < 1.29 is 14.6 Å². The second-order valence-electron chi connectivity index (χ2n) is 4.23. The van der Waals surface area contributed by atoms with Gasteiger partial charge in [0.1, 0.15) is 17.3 Å². The van der Waals surface area contributed by atoms with Crippen LogP contribution < -0.4 is 10.1 Å². The molecule has 2 rings (SSSR count). The molecule has 0 radical (unpaired) electrons. The van der Waals surface area contributed by atoms with Crippen molar-refractivity contribution in [2.45, 2.75) is 6.42 Å². The number of carbonyl (C=O) groups is 1. The van der Waals surface area contributed by atoms with Gasteiger partial charge in [-0.25, -0.2) is 4.98 Å². The van der Waals surface area contributed by atoms with Crippen molar-refractivity contribution in [1.82, 2.24) is 4.98 Å². The van der Waals surface area contributed by atoms with E-state index in [0.29, 0.717) is 30.1 Å². The molecule has 0 aliphatic heterocycles. The maximum atomic E-state index is 12.0. The van der Waals surface area contributed by atoms with E-state index in [2.05, 4.69) is 10.3 Å². The fourth-order valence-corrected chi connectivity index (χ4v) is 1.74.